The van der Waals surface area contributed by atoms with Crippen molar-refractivity contribution in [3.8, 4) is 5.75 Å². The molecule has 2 aromatic rings. The van der Waals surface area contributed by atoms with E-state index in [1.807, 2.05) is 18.4 Å². The van der Waals surface area contributed by atoms with Crippen LogP contribution in [0.3, 0.4) is 0 Å². The molecule has 0 radical (unpaired) electrons. The van der Waals surface area contributed by atoms with Crippen LogP contribution in [-0.2, 0) is 6.61 Å². The van der Waals surface area contributed by atoms with Crippen LogP contribution in [0.25, 0.3) is 0 Å². The lowest BCUT2D eigenvalue weighted by atomic mass is 10.1. The number of ether oxygens (including phenoxy) is 1. The summed E-state index contributed by atoms with van der Waals surface area (Å²) in [7, 11) is 0. The molecule has 0 saturated heterocycles. The third-order valence-electron chi connectivity index (χ3n) is 2.46. The third-order valence-corrected chi connectivity index (χ3v) is 4.13. The SMILES string of the molecule is CC(N)c1ccc(F)cc1OCc1cc(Br)cs1. The minimum absolute atomic E-state index is 0.185. The zero-order valence-electron chi connectivity index (χ0n) is 9.82. The summed E-state index contributed by atoms with van der Waals surface area (Å²) in [5, 5.41) is 1.98. The Morgan fingerprint density at radius 2 is 2.22 bits per heavy atom. The molecule has 0 aliphatic heterocycles. The van der Waals surface area contributed by atoms with Crippen LogP contribution in [0.1, 0.15) is 23.4 Å². The fourth-order valence-electron chi connectivity index (χ4n) is 1.59. The predicted molar refractivity (Wildman–Crippen MR) is 75.4 cm³/mol. The van der Waals surface area contributed by atoms with E-state index in [1.54, 1.807) is 17.4 Å². The van der Waals surface area contributed by atoms with Crippen LogP contribution < -0.4 is 10.5 Å². The Bertz CT molecular complexity index is 542. The summed E-state index contributed by atoms with van der Waals surface area (Å²) in [4.78, 5) is 1.07. The first-order chi connectivity index (χ1) is 8.56. The smallest absolute Gasteiger partial charge is 0.127 e. The average Bonchev–Trinajstić information content (AvgIpc) is 2.72. The minimum Gasteiger partial charge on any atom is -0.488 e. The number of hydrogen-bond donors (Lipinski definition) is 1. The van der Waals surface area contributed by atoms with Crippen molar-refractivity contribution in [1.29, 1.82) is 0 Å². The highest BCUT2D eigenvalue weighted by molar-refractivity contribution is 9.10. The molecule has 1 atom stereocenters. The average molecular weight is 330 g/mol. The Balaban J connectivity index is 2.15. The fraction of sp³-hybridized carbons (Fsp3) is 0.231. The second-order valence-electron chi connectivity index (χ2n) is 3.99. The topological polar surface area (TPSA) is 35.2 Å². The second-order valence-corrected chi connectivity index (χ2v) is 5.90. The molecule has 0 bridgehead atoms. The molecular formula is C13H13BrFNOS. The summed E-state index contributed by atoms with van der Waals surface area (Å²) < 4.78 is 19.9. The van der Waals surface area contributed by atoms with Crippen molar-refractivity contribution in [2.45, 2.75) is 19.6 Å². The molecule has 1 aromatic carbocycles. The lowest BCUT2D eigenvalue weighted by molar-refractivity contribution is 0.303. The first-order valence-corrected chi connectivity index (χ1v) is 7.14. The lowest BCUT2D eigenvalue weighted by Gasteiger charge is -2.13. The normalized spacial score (nSPS) is 12.4. The summed E-state index contributed by atoms with van der Waals surface area (Å²) in [6.07, 6.45) is 0. The predicted octanol–water partition coefficient (Wildman–Crippen LogP) is 4.25. The van der Waals surface area contributed by atoms with Gasteiger partial charge in [0.05, 0.1) is 0 Å². The molecule has 0 aliphatic rings. The Labute approximate surface area is 118 Å². The van der Waals surface area contributed by atoms with Gasteiger partial charge in [-0.3, -0.25) is 0 Å². The summed E-state index contributed by atoms with van der Waals surface area (Å²) in [6, 6.07) is 6.24. The van der Waals surface area contributed by atoms with Gasteiger partial charge in [0, 0.05) is 32.4 Å². The van der Waals surface area contributed by atoms with Crippen molar-refractivity contribution in [3.63, 3.8) is 0 Å². The fourth-order valence-corrected chi connectivity index (χ4v) is 2.95. The first-order valence-electron chi connectivity index (χ1n) is 5.47. The highest BCUT2D eigenvalue weighted by Gasteiger charge is 2.10. The van der Waals surface area contributed by atoms with Gasteiger partial charge < -0.3 is 10.5 Å². The summed E-state index contributed by atoms with van der Waals surface area (Å²) in [5.41, 5.74) is 6.64. The molecule has 0 amide bonds. The van der Waals surface area contributed by atoms with E-state index in [0.29, 0.717) is 12.4 Å². The van der Waals surface area contributed by atoms with E-state index in [9.17, 15) is 4.39 Å². The molecule has 0 saturated carbocycles. The molecule has 5 heteroatoms. The van der Waals surface area contributed by atoms with Gasteiger partial charge in [-0.05, 0) is 35.0 Å². The van der Waals surface area contributed by atoms with E-state index in [2.05, 4.69) is 15.9 Å². The number of rotatable bonds is 4. The van der Waals surface area contributed by atoms with Crippen molar-refractivity contribution in [3.05, 3.63) is 50.4 Å². The van der Waals surface area contributed by atoms with Crippen LogP contribution >= 0.6 is 27.3 Å². The van der Waals surface area contributed by atoms with E-state index in [0.717, 1.165) is 14.9 Å². The molecule has 0 fully saturated rings. The molecule has 96 valence electrons. The van der Waals surface area contributed by atoms with Gasteiger partial charge in [0.25, 0.3) is 0 Å². The molecule has 18 heavy (non-hydrogen) atoms. The maximum atomic E-state index is 13.2. The summed E-state index contributed by atoms with van der Waals surface area (Å²) >= 11 is 4.97. The zero-order valence-corrected chi connectivity index (χ0v) is 12.2. The zero-order chi connectivity index (χ0) is 13.1. The number of halogens is 2. The molecule has 0 aliphatic carbocycles. The van der Waals surface area contributed by atoms with E-state index in [1.165, 1.54) is 12.1 Å². The van der Waals surface area contributed by atoms with Gasteiger partial charge in [-0.15, -0.1) is 11.3 Å². The van der Waals surface area contributed by atoms with E-state index in [4.69, 9.17) is 10.5 Å². The second kappa shape index (κ2) is 5.82. The van der Waals surface area contributed by atoms with Gasteiger partial charge in [0.2, 0.25) is 0 Å². The van der Waals surface area contributed by atoms with Gasteiger partial charge in [-0.1, -0.05) is 6.07 Å². The van der Waals surface area contributed by atoms with Gasteiger partial charge in [-0.2, -0.15) is 0 Å². The standard InChI is InChI=1S/C13H13BrFNOS/c1-8(16)12-3-2-10(15)5-13(12)17-6-11-4-9(14)7-18-11/h2-5,7-8H,6,16H2,1H3. The van der Waals surface area contributed by atoms with Crippen molar-refractivity contribution in [2.75, 3.05) is 0 Å². The number of hydrogen-bond acceptors (Lipinski definition) is 3. The number of thiophene rings is 1. The maximum absolute atomic E-state index is 13.2. The maximum Gasteiger partial charge on any atom is 0.127 e. The highest BCUT2D eigenvalue weighted by atomic mass is 79.9. The van der Waals surface area contributed by atoms with Crippen molar-refractivity contribution in [1.82, 2.24) is 0 Å². The van der Waals surface area contributed by atoms with Crippen LogP contribution in [0.5, 0.6) is 5.75 Å². The molecular weight excluding hydrogens is 317 g/mol. The number of benzene rings is 1. The summed E-state index contributed by atoms with van der Waals surface area (Å²) in [6.45, 7) is 2.27. The largest absolute Gasteiger partial charge is 0.488 e. The molecule has 1 aromatic heterocycles. The van der Waals surface area contributed by atoms with Crippen LogP contribution in [0.2, 0.25) is 0 Å². The van der Waals surface area contributed by atoms with Crippen LogP contribution in [0.4, 0.5) is 4.39 Å². The van der Waals surface area contributed by atoms with Crippen molar-refractivity contribution < 1.29 is 9.13 Å². The molecule has 0 spiro atoms. The van der Waals surface area contributed by atoms with Crippen LogP contribution in [0, 0.1) is 5.82 Å². The van der Waals surface area contributed by atoms with Crippen molar-refractivity contribution in [2.24, 2.45) is 5.73 Å². The Morgan fingerprint density at radius 3 is 2.83 bits per heavy atom. The van der Waals surface area contributed by atoms with Crippen LogP contribution in [0.15, 0.2) is 34.1 Å². The molecule has 1 unspecified atom stereocenters. The van der Waals surface area contributed by atoms with Crippen molar-refractivity contribution >= 4 is 27.3 Å². The third kappa shape index (κ3) is 3.31. The van der Waals surface area contributed by atoms with Gasteiger partial charge in [0.1, 0.15) is 18.2 Å². The lowest BCUT2D eigenvalue weighted by Crippen LogP contribution is -2.08. The van der Waals surface area contributed by atoms with Gasteiger partial charge >= 0.3 is 0 Å². The molecule has 2 N–H and O–H groups in total. The van der Waals surface area contributed by atoms with Crippen LogP contribution in [-0.4, -0.2) is 0 Å². The van der Waals surface area contributed by atoms with Gasteiger partial charge in [0.15, 0.2) is 0 Å². The first kappa shape index (κ1) is 13.5. The van der Waals surface area contributed by atoms with E-state index >= 15 is 0 Å². The van der Waals surface area contributed by atoms with Gasteiger partial charge in [-0.25, -0.2) is 4.39 Å². The molecule has 2 rings (SSSR count). The molecule has 1 heterocycles. The Kier molecular flexibility index (Phi) is 4.37. The monoisotopic (exact) mass is 329 g/mol. The summed E-state index contributed by atoms with van der Waals surface area (Å²) in [5.74, 6) is 0.191. The Morgan fingerprint density at radius 1 is 1.44 bits per heavy atom. The quantitative estimate of drug-likeness (QED) is 0.910. The number of nitrogens with two attached hydrogens (primary N) is 1. The van der Waals surface area contributed by atoms with E-state index < -0.39 is 0 Å². The van der Waals surface area contributed by atoms with E-state index in [-0.39, 0.29) is 11.9 Å². The highest BCUT2D eigenvalue weighted by Crippen LogP contribution is 2.27. The Hall–Kier alpha value is -0.910. The molecule has 2 nitrogen and oxygen atoms in total. The minimum atomic E-state index is -0.318.